The fourth-order valence-electron chi connectivity index (χ4n) is 2.47. The van der Waals surface area contributed by atoms with Crippen molar-refractivity contribution in [2.24, 2.45) is 5.92 Å². The van der Waals surface area contributed by atoms with Crippen molar-refractivity contribution >= 4 is 23.5 Å². The van der Waals surface area contributed by atoms with Gasteiger partial charge in [-0.1, -0.05) is 12.1 Å². The van der Waals surface area contributed by atoms with Gasteiger partial charge in [0.1, 0.15) is 0 Å². The number of nitrogens with one attached hydrogen (secondary N) is 1. The maximum absolute atomic E-state index is 12.2. The zero-order valence-electron chi connectivity index (χ0n) is 12.0. The quantitative estimate of drug-likeness (QED) is 0.898. The zero-order valence-corrected chi connectivity index (χ0v) is 12.8. The van der Waals surface area contributed by atoms with Crippen LogP contribution < -0.4 is 5.32 Å². The first-order chi connectivity index (χ1) is 9.60. The molecule has 2 rings (SSSR count). The summed E-state index contributed by atoms with van der Waals surface area (Å²) in [5.41, 5.74) is 2.04. The Morgan fingerprint density at radius 2 is 2.40 bits per heavy atom. The normalized spacial score (nSPS) is 19.9. The molecule has 0 spiro atoms. The van der Waals surface area contributed by atoms with Gasteiger partial charge < -0.3 is 15.3 Å². The van der Waals surface area contributed by atoms with Crippen molar-refractivity contribution in [3.8, 4) is 0 Å². The first-order valence-corrected chi connectivity index (χ1v) is 8.31. The standard InChI is InChI=1S/C15H22N2O2S/c1-11(18)13-6-7-17(9-13)15(19)16-14-5-3-4-12(8-14)10-20-2/h3-5,8,11,13,18H,6-7,9-10H2,1-2H3,(H,16,19)/t11-,13+/m0/s1. The van der Waals surface area contributed by atoms with Crippen LogP contribution >= 0.6 is 11.8 Å². The number of hydrogen-bond donors (Lipinski definition) is 2. The van der Waals surface area contributed by atoms with Gasteiger partial charge in [-0.2, -0.15) is 11.8 Å². The maximum atomic E-state index is 12.2. The Bertz CT molecular complexity index is 465. The highest BCUT2D eigenvalue weighted by Crippen LogP contribution is 2.21. The Balaban J connectivity index is 1.93. The van der Waals surface area contributed by atoms with Crippen LogP contribution in [0.3, 0.4) is 0 Å². The molecule has 0 radical (unpaired) electrons. The van der Waals surface area contributed by atoms with Crippen LogP contribution in [0, 0.1) is 5.92 Å². The Kier molecular flexibility index (Phi) is 5.31. The summed E-state index contributed by atoms with van der Waals surface area (Å²) >= 11 is 1.76. The SMILES string of the molecule is CSCc1cccc(NC(=O)N2CC[C@@H]([C@H](C)O)C2)c1. The lowest BCUT2D eigenvalue weighted by atomic mass is 10.0. The van der Waals surface area contributed by atoms with Crippen molar-refractivity contribution in [1.29, 1.82) is 0 Å². The fraction of sp³-hybridized carbons (Fsp3) is 0.533. The van der Waals surface area contributed by atoms with Crippen LogP contribution in [0.5, 0.6) is 0 Å². The van der Waals surface area contributed by atoms with E-state index in [1.165, 1.54) is 5.56 Å². The van der Waals surface area contributed by atoms with E-state index in [4.69, 9.17) is 0 Å². The van der Waals surface area contributed by atoms with Gasteiger partial charge >= 0.3 is 6.03 Å². The number of thioether (sulfide) groups is 1. The number of benzene rings is 1. The topological polar surface area (TPSA) is 52.6 Å². The second-order valence-corrected chi connectivity index (χ2v) is 6.16. The number of urea groups is 1. The van der Waals surface area contributed by atoms with Crippen LogP contribution in [0.4, 0.5) is 10.5 Å². The molecule has 1 saturated heterocycles. The smallest absolute Gasteiger partial charge is 0.321 e. The number of nitrogens with zero attached hydrogens (tertiary/aromatic N) is 1. The number of likely N-dealkylation sites (tertiary alicyclic amines) is 1. The summed E-state index contributed by atoms with van der Waals surface area (Å²) in [4.78, 5) is 14.0. The number of aliphatic hydroxyl groups excluding tert-OH is 1. The number of anilines is 1. The molecule has 2 atom stereocenters. The van der Waals surface area contributed by atoms with Gasteiger partial charge in [0, 0.05) is 30.4 Å². The number of rotatable bonds is 4. The summed E-state index contributed by atoms with van der Waals surface area (Å²) in [5, 5.41) is 12.5. The largest absolute Gasteiger partial charge is 0.393 e. The molecule has 1 aliphatic heterocycles. The molecule has 4 nitrogen and oxygen atoms in total. The van der Waals surface area contributed by atoms with E-state index >= 15 is 0 Å². The van der Waals surface area contributed by atoms with E-state index in [-0.39, 0.29) is 18.1 Å². The molecule has 0 bridgehead atoms. The summed E-state index contributed by atoms with van der Waals surface area (Å²) in [6.45, 7) is 3.14. The predicted octanol–water partition coefficient (Wildman–Crippen LogP) is 2.78. The van der Waals surface area contributed by atoms with Crippen LogP contribution in [-0.2, 0) is 5.75 Å². The third-order valence-corrected chi connectivity index (χ3v) is 4.31. The van der Waals surface area contributed by atoms with Crippen LogP contribution in [0.25, 0.3) is 0 Å². The minimum Gasteiger partial charge on any atom is -0.393 e. The van der Waals surface area contributed by atoms with Gasteiger partial charge in [-0.25, -0.2) is 4.79 Å². The molecule has 1 fully saturated rings. The minimum absolute atomic E-state index is 0.0746. The lowest BCUT2D eigenvalue weighted by Gasteiger charge is -2.18. The molecule has 1 aromatic rings. The minimum atomic E-state index is -0.349. The lowest BCUT2D eigenvalue weighted by Crippen LogP contribution is -2.34. The van der Waals surface area contributed by atoms with E-state index in [0.717, 1.165) is 17.9 Å². The first-order valence-electron chi connectivity index (χ1n) is 6.92. The number of carbonyl (C=O) groups excluding carboxylic acids is 1. The molecule has 2 amide bonds. The van der Waals surface area contributed by atoms with E-state index in [2.05, 4.69) is 17.6 Å². The first kappa shape index (κ1) is 15.2. The highest BCUT2D eigenvalue weighted by molar-refractivity contribution is 7.97. The van der Waals surface area contributed by atoms with Gasteiger partial charge in [-0.05, 0) is 37.3 Å². The molecule has 0 unspecified atom stereocenters. The third kappa shape index (κ3) is 3.90. The number of amides is 2. The van der Waals surface area contributed by atoms with Gasteiger partial charge in [-0.15, -0.1) is 0 Å². The number of carbonyl (C=O) groups is 1. The molecule has 20 heavy (non-hydrogen) atoms. The Morgan fingerprint density at radius 3 is 3.05 bits per heavy atom. The maximum Gasteiger partial charge on any atom is 0.321 e. The summed E-state index contributed by atoms with van der Waals surface area (Å²) < 4.78 is 0. The fourth-order valence-corrected chi connectivity index (χ4v) is 2.99. The summed E-state index contributed by atoms with van der Waals surface area (Å²) in [6.07, 6.45) is 2.58. The van der Waals surface area contributed by atoms with Gasteiger partial charge in [0.25, 0.3) is 0 Å². The van der Waals surface area contributed by atoms with Crippen molar-refractivity contribution in [3.05, 3.63) is 29.8 Å². The molecule has 0 saturated carbocycles. The molecular formula is C15H22N2O2S. The third-order valence-electron chi connectivity index (χ3n) is 3.68. The lowest BCUT2D eigenvalue weighted by molar-refractivity contribution is 0.130. The average Bonchev–Trinajstić information content (AvgIpc) is 2.89. The van der Waals surface area contributed by atoms with Gasteiger partial charge in [0.2, 0.25) is 0 Å². The molecule has 1 aromatic carbocycles. The number of aliphatic hydroxyl groups is 1. The van der Waals surface area contributed by atoms with Gasteiger partial charge in [0.05, 0.1) is 6.10 Å². The summed E-state index contributed by atoms with van der Waals surface area (Å²) in [5.74, 6) is 1.14. The summed E-state index contributed by atoms with van der Waals surface area (Å²) in [7, 11) is 0. The van der Waals surface area contributed by atoms with E-state index in [9.17, 15) is 9.90 Å². The van der Waals surface area contributed by atoms with Crippen molar-refractivity contribution in [3.63, 3.8) is 0 Å². The predicted molar refractivity (Wildman–Crippen MR) is 84.0 cm³/mol. The van der Waals surface area contributed by atoms with E-state index in [0.29, 0.717) is 13.1 Å². The Hall–Kier alpha value is -1.20. The molecule has 0 aliphatic carbocycles. The molecule has 1 heterocycles. The molecule has 110 valence electrons. The summed E-state index contributed by atoms with van der Waals surface area (Å²) in [6, 6.07) is 7.87. The Morgan fingerprint density at radius 1 is 1.60 bits per heavy atom. The van der Waals surface area contributed by atoms with Crippen LogP contribution in [-0.4, -0.2) is 41.5 Å². The average molecular weight is 294 g/mol. The van der Waals surface area contributed by atoms with E-state index < -0.39 is 0 Å². The van der Waals surface area contributed by atoms with Crippen molar-refractivity contribution in [1.82, 2.24) is 4.90 Å². The molecule has 5 heteroatoms. The van der Waals surface area contributed by atoms with Crippen LogP contribution in [0.15, 0.2) is 24.3 Å². The zero-order chi connectivity index (χ0) is 14.5. The van der Waals surface area contributed by atoms with Gasteiger partial charge in [0.15, 0.2) is 0 Å². The number of hydrogen-bond acceptors (Lipinski definition) is 3. The highest BCUT2D eigenvalue weighted by atomic mass is 32.2. The molecular weight excluding hydrogens is 272 g/mol. The highest BCUT2D eigenvalue weighted by Gasteiger charge is 2.28. The van der Waals surface area contributed by atoms with E-state index in [1.807, 2.05) is 18.2 Å². The van der Waals surface area contributed by atoms with Crippen LogP contribution in [0.1, 0.15) is 18.9 Å². The molecule has 1 aliphatic rings. The monoisotopic (exact) mass is 294 g/mol. The second kappa shape index (κ2) is 6.99. The molecule has 2 N–H and O–H groups in total. The van der Waals surface area contributed by atoms with Crippen LogP contribution in [0.2, 0.25) is 0 Å². The molecule has 0 aromatic heterocycles. The van der Waals surface area contributed by atoms with Crippen molar-refractivity contribution in [2.75, 3.05) is 24.7 Å². The van der Waals surface area contributed by atoms with Crippen molar-refractivity contribution in [2.45, 2.75) is 25.2 Å². The van der Waals surface area contributed by atoms with Gasteiger partial charge in [-0.3, -0.25) is 0 Å². The Labute approximate surface area is 124 Å². The second-order valence-electron chi connectivity index (χ2n) is 5.30. The van der Waals surface area contributed by atoms with E-state index in [1.54, 1.807) is 23.6 Å². The van der Waals surface area contributed by atoms with Crippen molar-refractivity contribution < 1.29 is 9.90 Å².